The fraction of sp³-hybridized carbons (Fsp3) is 0.0625. The summed E-state index contributed by atoms with van der Waals surface area (Å²) < 4.78 is 7.22. The van der Waals surface area contributed by atoms with Crippen LogP contribution in [-0.2, 0) is 6.54 Å². The summed E-state index contributed by atoms with van der Waals surface area (Å²) in [4.78, 5) is 10.7. The molecule has 0 aliphatic heterocycles. The van der Waals surface area contributed by atoms with Crippen molar-refractivity contribution in [2.45, 2.75) is 6.54 Å². The van der Waals surface area contributed by atoms with Crippen LogP contribution >= 0.6 is 0 Å². The number of carboxylic acid groups (broad SMARTS) is 1. The molecule has 0 radical (unpaired) electrons. The summed E-state index contributed by atoms with van der Waals surface area (Å²) in [7, 11) is 0. The van der Waals surface area contributed by atoms with Gasteiger partial charge in [0.2, 0.25) is 5.76 Å². The van der Waals surface area contributed by atoms with Gasteiger partial charge in [0, 0.05) is 23.8 Å². The lowest BCUT2D eigenvalue weighted by Crippen LogP contribution is -1.99. The van der Waals surface area contributed by atoms with Crippen LogP contribution in [-0.4, -0.2) is 15.6 Å². The van der Waals surface area contributed by atoms with E-state index in [0.29, 0.717) is 12.3 Å². The van der Waals surface area contributed by atoms with Gasteiger partial charge in [-0.1, -0.05) is 6.07 Å². The zero-order valence-electron chi connectivity index (χ0n) is 11.2. The zero-order chi connectivity index (χ0) is 14.7. The van der Waals surface area contributed by atoms with Gasteiger partial charge < -0.3 is 19.4 Å². The summed E-state index contributed by atoms with van der Waals surface area (Å²) in [6, 6.07) is 15.0. The highest BCUT2D eigenvalue weighted by Gasteiger charge is 2.08. The van der Waals surface area contributed by atoms with Crippen molar-refractivity contribution in [3.8, 4) is 5.69 Å². The Morgan fingerprint density at radius 2 is 1.95 bits per heavy atom. The lowest BCUT2D eigenvalue weighted by atomic mass is 10.2. The van der Waals surface area contributed by atoms with Crippen LogP contribution in [0.5, 0.6) is 0 Å². The lowest BCUT2D eigenvalue weighted by Gasteiger charge is -2.08. The smallest absolute Gasteiger partial charge is 0.371 e. The predicted molar refractivity (Wildman–Crippen MR) is 78.8 cm³/mol. The van der Waals surface area contributed by atoms with Crippen LogP contribution < -0.4 is 5.32 Å². The minimum atomic E-state index is -1.06. The topological polar surface area (TPSA) is 67.4 Å². The Hall–Kier alpha value is -2.95. The van der Waals surface area contributed by atoms with Gasteiger partial charge in [-0.3, -0.25) is 0 Å². The Balaban J connectivity index is 1.70. The summed E-state index contributed by atoms with van der Waals surface area (Å²) in [6.07, 6.45) is 3.95. The van der Waals surface area contributed by atoms with Gasteiger partial charge in [0.15, 0.2) is 0 Å². The first-order valence-electron chi connectivity index (χ1n) is 6.52. The van der Waals surface area contributed by atoms with Crippen molar-refractivity contribution in [1.29, 1.82) is 0 Å². The average molecular weight is 282 g/mol. The van der Waals surface area contributed by atoms with Crippen molar-refractivity contribution >= 4 is 11.7 Å². The second-order valence-corrected chi connectivity index (χ2v) is 4.57. The molecule has 0 amide bonds. The molecule has 2 aromatic heterocycles. The minimum Gasteiger partial charge on any atom is -0.475 e. The average Bonchev–Trinajstić information content (AvgIpc) is 3.17. The van der Waals surface area contributed by atoms with Gasteiger partial charge in [0.05, 0.1) is 6.54 Å². The van der Waals surface area contributed by atoms with Crippen LogP contribution in [0.25, 0.3) is 5.69 Å². The Labute approximate surface area is 121 Å². The van der Waals surface area contributed by atoms with Gasteiger partial charge in [-0.25, -0.2) is 4.79 Å². The molecule has 0 bridgehead atoms. The number of benzene rings is 1. The van der Waals surface area contributed by atoms with E-state index in [1.165, 1.54) is 6.07 Å². The molecule has 0 aliphatic rings. The molecule has 5 heteroatoms. The van der Waals surface area contributed by atoms with E-state index < -0.39 is 5.97 Å². The first-order valence-corrected chi connectivity index (χ1v) is 6.52. The third kappa shape index (κ3) is 2.97. The predicted octanol–water partition coefficient (Wildman–Crippen LogP) is 3.38. The summed E-state index contributed by atoms with van der Waals surface area (Å²) >= 11 is 0. The number of hydrogen-bond acceptors (Lipinski definition) is 3. The van der Waals surface area contributed by atoms with Gasteiger partial charge in [-0.2, -0.15) is 0 Å². The molecule has 0 atom stereocenters. The normalized spacial score (nSPS) is 10.5. The van der Waals surface area contributed by atoms with Crippen LogP contribution in [0.15, 0.2) is 65.3 Å². The number of hydrogen-bond donors (Lipinski definition) is 2. The zero-order valence-corrected chi connectivity index (χ0v) is 11.2. The number of aromatic carboxylic acids is 1. The van der Waals surface area contributed by atoms with Gasteiger partial charge in [0.25, 0.3) is 0 Å². The van der Waals surface area contributed by atoms with Gasteiger partial charge in [-0.15, -0.1) is 0 Å². The van der Waals surface area contributed by atoms with Crippen LogP contribution in [0.3, 0.4) is 0 Å². The molecule has 0 unspecified atom stereocenters. The molecule has 3 aromatic rings. The molecule has 0 saturated heterocycles. The van der Waals surface area contributed by atoms with Gasteiger partial charge in [-0.05, 0) is 42.5 Å². The van der Waals surface area contributed by atoms with E-state index in [-0.39, 0.29) is 5.76 Å². The molecular weight excluding hydrogens is 268 g/mol. The lowest BCUT2D eigenvalue weighted by molar-refractivity contribution is 0.0660. The number of nitrogens with zero attached hydrogens (tertiary/aromatic N) is 1. The summed E-state index contributed by atoms with van der Waals surface area (Å²) in [5.74, 6) is -0.525. The maximum absolute atomic E-state index is 10.7. The molecule has 0 spiro atoms. The van der Waals surface area contributed by atoms with Crippen molar-refractivity contribution in [2.24, 2.45) is 0 Å². The summed E-state index contributed by atoms with van der Waals surface area (Å²) in [5.41, 5.74) is 1.99. The van der Waals surface area contributed by atoms with Crippen molar-refractivity contribution in [2.75, 3.05) is 5.32 Å². The molecule has 0 fully saturated rings. The Morgan fingerprint density at radius 1 is 1.14 bits per heavy atom. The molecule has 0 aliphatic carbocycles. The molecule has 2 N–H and O–H groups in total. The monoisotopic (exact) mass is 282 g/mol. The Kier molecular flexibility index (Phi) is 3.47. The SMILES string of the molecule is O=C(O)c1ccc(CNc2cccc(-n3cccc3)c2)o1. The minimum absolute atomic E-state index is 0.0482. The highest BCUT2D eigenvalue weighted by Crippen LogP contribution is 2.16. The first-order chi connectivity index (χ1) is 10.2. The van der Waals surface area contributed by atoms with Crippen LogP contribution in [0, 0.1) is 0 Å². The first kappa shape index (κ1) is 13.1. The van der Waals surface area contributed by atoms with Gasteiger partial charge in [0.1, 0.15) is 5.76 Å². The molecular formula is C16H14N2O3. The quantitative estimate of drug-likeness (QED) is 0.752. The van der Waals surface area contributed by atoms with E-state index in [1.54, 1.807) is 6.07 Å². The maximum Gasteiger partial charge on any atom is 0.371 e. The number of aromatic nitrogens is 1. The molecule has 5 nitrogen and oxygen atoms in total. The second kappa shape index (κ2) is 5.58. The molecule has 106 valence electrons. The van der Waals surface area contributed by atoms with E-state index in [4.69, 9.17) is 9.52 Å². The van der Waals surface area contributed by atoms with Crippen LogP contribution in [0.4, 0.5) is 5.69 Å². The number of rotatable bonds is 5. The van der Waals surface area contributed by atoms with Crippen LogP contribution in [0.1, 0.15) is 16.3 Å². The van der Waals surface area contributed by atoms with E-state index >= 15 is 0 Å². The largest absolute Gasteiger partial charge is 0.475 e. The number of carboxylic acids is 1. The van der Waals surface area contributed by atoms with E-state index in [0.717, 1.165) is 11.4 Å². The number of nitrogens with one attached hydrogen (secondary N) is 1. The van der Waals surface area contributed by atoms with Crippen molar-refractivity contribution < 1.29 is 14.3 Å². The third-order valence-electron chi connectivity index (χ3n) is 3.09. The molecule has 0 saturated carbocycles. The number of furan rings is 1. The highest BCUT2D eigenvalue weighted by molar-refractivity contribution is 5.84. The third-order valence-corrected chi connectivity index (χ3v) is 3.09. The highest BCUT2D eigenvalue weighted by atomic mass is 16.4. The molecule has 2 heterocycles. The Bertz CT molecular complexity index is 744. The van der Waals surface area contributed by atoms with Crippen LogP contribution in [0.2, 0.25) is 0 Å². The van der Waals surface area contributed by atoms with E-state index in [9.17, 15) is 4.79 Å². The molecule has 21 heavy (non-hydrogen) atoms. The molecule has 1 aromatic carbocycles. The van der Waals surface area contributed by atoms with Crippen molar-refractivity contribution in [1.82, 2.24) is 4.57 Å². The number of anilines is 1. The van der Waals surface area contributed by atoms with Crippen molar-refractivity contribution in [3.63, 3.8) is 0 Å². The van der Waals surface area contributed by atoms with Gasteiger partial charge >= 0.3 is 5.97 Å². The van der Waals surface area contributed by atoms with E-state index in [2.05, 4.69) is 5.32 Å². The maximum atomic E-state index is 10.7. The van der Waals surface area contributed by atoms with Crippen molar-refractivity contribution in [3.05, 3.63) is 72.4 Å². The summed E-state index contributed by atoms with van der Waals surface area (Å²) in [6.45, 7) is 0.433. The second-order valence-electron chi connectivity index (χ2n) is 4.57. The van der Waals surface area contributed by atoms with E-state index in [1.807, 2.05) is 53.4 Å². The fourth-order valence-electron chi connectivity index (χ4n) is 2.06. The fourth-order valence-corrected chi connectivity index (χ4v) is 2.06. The number of carbonyl (C=O) groups is 1. The summed E-state index contributed by atoms with van der Waals surface area (Å²) in [5, 5.41) is 12.0. The Morgan fingerprint density at radius 3 is 2.67 bits per heavy atom. The molecule has 3 rings (SSSR count). The standard InChI is InChI=1S/C16H14N2O3/c19-16(20)15-7-6-14(21-15)11-17-12-4-3-5-13(10-12)18-8-1-2-9-18/h1-10,17H,11H2,(H,19,20).